The first-order valence-corrected chi connectivity index (χ1v) is 5.66. The van der Waals surface area contributed by atoms with E-state index in [9.17, 15) is 0 Å². The summed E-state index contributed by atoms with van der Waals surface area (Å²) in [6, 6.07) is 0.823. The molecule has 1 fully saturated rings. The van der Waals surface area contributed by atoms with E-state index in [4.69, 9.17) is 0 Å². The lowest BCUT2D eigenvalue weighted by Gasteiger charge is -2.46. The van der Waals surface area contributed by atoms with Crippen LogP contribution in [-0.4, -0.2) is 23.5 Å². The van der Waals surface area contributed by atoms with Gasteiger partial charge in [0.2, 0.25) is 0 Å². The first kappa shape index (κ1) is 11.0. The van der Waals surface area contributed by atoms with Gasteiger partial charge in [-0.25, -0.2) is 0 Å². The Labute approximate surface area is 83.5 Å². The molecule has 1 saturated heterocycles. The molecule has 0 aliphatic carbocycles. The Morgan fingerprint density at radius 2 is 2.00 bits per heavy atom. The molecule has 1 aliphatic heterocycles. The van der Waals surface area contributed by atoms with E-state index < -0.39 is 0 Å². The van der Waals surface area contributed by atoms with E-state index in [-0.39, 0.29) is 0 Å². The minimum atomic E-state index is 0.428. The third-order valence-corrected chi connectivity index (χ3v) is 3.57. The summed E-state index contributed by atoms with van der Waals surface area (Å²) in [7, 11) is 2.30. The topological polar surface area (TPSA) is 3.24 Å². The molecule has 1 aliphatic rings. The summed E-state index contributed by atoms with van der Waals surface area (Å²) < 4.78 is 0. The Morgan fingerprint density at radius 3 is 2.54 bits per heavy atom. The highest BCUT2D eigenvalue weighted by molar-refractivity contribution is 4.89. The first-order chi connectivity index (χ1) is 5.93. The lowest BCUT2D eigenvalue weighted by atomic mass is 9.84. The Bertz CT molecular complexity index is 161. The highest BCUT2D eigenvalue weighted by atomic mass is 15.2. The maximum atomic E-state index is 2.59. The summed E-state index contributed by atoms with van der Waals surface area (Å²) in [5, 5.41) is 0. The van der Waals surface area contributed by atoms with Crippen LogP contribution in [0.1, 0.15) is 53.4 Å². The molecule has 0 spiro atoms. The molecule has 1 heterocycles. The average Bonchev–Trinajstić information content (AvgIpc) is 1.98. The summed E-state index contributed by atoms with van der Waals surface area (Å²) in [6.07, 6.45) is 5.53. The number of piperidine rings is 1. The van der Waals surface area contributed by atoms with Crippen LogP contribution in [0.25, 0.3) is 0 Å². The predicted molar refractivity (Wildman–Crippen MR) is 58.9 cm³/mol. The Kier molecular flexibility index (Phi) is 3.39. The van der Waals surface area contributed by atoms with Gasteiger partial charge in [-0.15, -0.1) is 0 Å². The molecule has 0 N–H and O–H groups in total. The average molecular weight is 183 g/mol. The van der Waals surface area contributed by atoms with Gasteiger partial charge >= 0.3 is 0 Å². The molecular weight excluding hydrogens is 158 g/mol. The molecule has 0 aromatic carbocycles. The van der Waals surface area contributed by atoms with Crippen molar-refractivity contribution in [3.8, 4) is 0 Å². The van der Waals surface area contributed by atoms with Gasteiger partial charge in [-0.3, -0.25) is 4.90 Å². The molecule has 0 radical (unpaired) electrons. The normalized spacial score (nSPS) is 29.5. The second kappa shape index (κ2) is 4.00. The van der Waals surface area contributed by atoms with Crippen molar-refractivity contribution in [2.75, 3.05) is 7.05 Å². The van der Waals surface area contributed by atoms with E-state index in [1.807, 2.05) is 0 Å². The first-order valence-electron chi connectivity index (χ1n) is 5.66. The van der Waals surface area contributed by atoms with Gasteiger partial charge in [0.15, 0.2) is 0 Å². The third kappa shape index (κ3) is 2.70. The van der Waals surface area contributed by atoms with Crippen LogP contribution >= 0.6 is 0 Å². The SMILES string of the molecule is CC(C)CC1CCCC(C)(C)N1C. The number of rotatable bonds is 2. The number of nitrogens with zero attached hydrogens (tertiary/aromatic N) is 1. The van der Waals surface area contributed by atoms with Crippen LogP contribution in [0.15, 0.2) is 0 Å². The smallest absolute Gasteiger partial charge is 0.0153 e. The second-order valence-corrected chi connectivity index (χ2v) is 5.60. The zero-order chi connectivity index (χ0) is 10.1. The fourth-order valence-electron chi connectivity index (χ4n) is 2.45. The lowest BCUT2D eigenvalue weighted by molar-refractivity contribution is 0.0405. The van der Waals surface area contributed by atoms with Gasteiger partial charge in [-0.1, -0.05) is 20.3 Å². The summed E-state index contributed by atoms with van der Waals surface area (Å²) in [6.45, 7) is 9.41. The molecule has 1 heteroatoms. The van der Waals surface area contributed by atoms with Crippen LogP contribution in [0.2, 0.25) is 0 Å². The fourth-order valence-corrected chi connectivity index (χ4v) is 2.45. The van der Waals surface area contributed by atoms with E-state index in [1.165, 1.54) is 25.7 Å². The van der Waals surface area contributed by atoms with E-state index in [0.717, 1.165) is 12.0 Å². The summed E-state index contributed by atoms with van der Waals surface area (Å²) in [4.78, 5) is 2.59. The Balaban J connectivity index is 2.55. The van der Waals surface area contributed by atoms with Gasteiger partial charge < -0.3 is 0 Å². The highest BCUT2D eigenvalue weighted by Gasteiger charge is 2.33. The number of hydrogen-bond acceptors (Lipinski definition) is 1. The van der Waals surface area contributed by atoms with Crippen LogP contribution in [0.4, 0.5) is 0 Å². The van der Waals surface area contributed by atoms with Crippen LogP contribution < -0.4 is 0 Å². The molecule has 1 rings (SSSR count). The van der Waals surface area contributed by atoms with Crippen molar-refractivity contribution in [3.05, 3.63) is 0 Å². The van der Waals surface area contributed by atoms with Crippen molar-refractivity contribution in [1.29, 1.82) is 0 Å². The third-order valence-electron chi connectivity index (χ3n) is 3.57. The van der Waals surface area contributed by atoms with E-state index >= 15 is 0 Å². The van der Waals surface area contributed by atoms with Crippen molar-refractivity contribution in [1.82, 2.24) is 4.90 Å². The van der Waals surface area contributed by atoms with Crippen molar-refractivity contribution >= 4 is 0 Å². The molecule has 78 valence electrons. The zero-order valence-corrected chi connectivity index (χ0v) is 9.93. The van der Waals surface area contributed by atoms with Crippen molar-refractivity contribution in [2.24, 2.45) is 5.92 Å². The highest BCUT2D eigenvalue weighted by Crippen LogP contribution is 2.32. The van der Waals surface area contributed by atoms with Gasteiger partial charge in [0.25, 0.3) is 0 Å². The van der Waals surface area contributed by atoms with Crippen molar-refractivity contribution < 1.29 is 0 Å². The standard InChI is InChI=1S/C12H25N/c1-10(2)9-11-7-6-8-12(3,4)13(11)5/h10-11H,6-9H2,1-5H3. The fraction of sp³-hybridized carbons (Fsp3) is 1.00. The monoisotopic (exact) mass is 183 g/mol. The summed E-state index contributed by atoms with van der Waals surface area (Å²) in [5.41, 5.74) is 0.428. The molecule has 1 unspecified atom stereocenters. The van der Waals surface area contributed by atoms with Gasteiger partial charge in [-0.2, -0.15) is 0 Å². The maximum absolute atomic E-state index is 2.59. The van der Waals surface area contributed by atoms with Crippen LogP contribution in [0.3, 0.4) is 0 Å². The van der Waals surface area contributed by atoms with Crippen molar-refractivity contribution in [2.45, 2.75) is 65.0 Å². The minimum Gasteiger partial charge on any atom is -0.298 e. The molecule has 0 saturated carbocycles. The quantitative estimate of drug-likeness (QED) is 0.635. The Hall–Kier alpha value is -0.0400. The molecule has 1 nitrogen and oxygen atoms in total. The maximum Gasteiger partial charge on any atom is 0.0153 e. The minimum absolute atomic E-state index is 0.428. The molecule has 0 bridgehead atoms. The molecule has 0 amide bonds. The molecule has 13 heavy (non-hydrogen) atoms. The van der Waals surface area contributed by atoms with Crippen LogP contribution in [0.5, 0.6) is 0 Å². The predicted octanol–water partition coefficient (Wildman–Crippen LogP) is 3.30. The van der Waals surface area contributed by atoms with Gasteiger partial charge in [0.05, 0.1) is 0 Å². The zero-order valence-electron chi connectivity index (χ0n) is 9.93. The van der Waals surface area contributed by atoms with Gasteiger partial charge in [-0.05, 0) is 46.1 Å². The van der Waals surface area contributed by atoms with Gasteiger partial charge in [0, 0.05) is 11.6 Å². The largest absolute Gasteiger partial charge is 0.298 e. The molecular formula is C12H25N. The van der Waals surface area contributed by atoms with E-state index in [2.05, 4.69) is 39.6 Å². The number of likely N-dealkylation sites (tertiary alicyclic amines) is 1. The molecule has 0 aromatic heterocycles. The second-order valence-electron chi connectivity index (χ2n) is 5.60. The van der Waals surface area contributed by atoms with Crippen molar-refractivity contribution in [3.63, 3.8) is 0 Å². The lowest BCUT2D eigenvalue weighted by Crippen LogP contribution is -2.50. The molecule has 0 aromatic rings. The van der Waals surface area contributed by atoms with E-state index in [1.54, 1.807) is 0 Å². The van der Waals surface area contributed by atoms with E-state index in [0.29, 0.717) is 5.54 Å². The molecule has 1 atom stereocenters. The number of hydrogen-bond donors (Lipinski definition) is 0. The van der Waals surface area contributed by atoms with Gasteiger partial charge in [0.1, 0.15) is 0 Å². The Morgan fingerprint density at radius 1 is 1.38 bits per heavy atom. The summed E-state index contributed by atoms with van der Waals surface area (Å²) >= 11 is 0. The summed E-state index contributed by atoms with van der Waals surface area (Å²) in [5.74, 6) is 0.835. The van der Waals surface area contributed by atoms with Crippen LogP contribution in [0, 0.1) is 5.92 Å². The van der Waals surface area contributed by atoms with Crippen LogP contribution in [-0.2, 0) is 0 Å².